The quantitative estimate of drug-likeness (QED) is 0.713. The Bertz CT molecular complexity index is 998. The zero-order chi connectivity index (χ0) is 19.0. The van der Waals surface area contributed by atoms with Gasteiger partial charge in [-0.15, -0.1) is 0 Å². The molecule has 0 fully saturated rings. The molecule has 1 N–H and O–H groups in total. The van der Waals surface area contributed by atoms with Gasteiger partial charge in [0.1, 0.15) is 17.3 Å². The van der Waals surface area contributed by atoms with Crippen molar-refractivity contribution in [2.24, 2.45) is 0 Å². The summed E-state index contributed by atoms with van der Waals surface area (Å²) in [6.45, 7) is 0. The molecule has 0 radical (unpaired) electrons. The fourth-order valence-electron chi connectivity index (χ4n) is 3.48. The average Bonchev–Trinajstić information content (AvgIpc) is 3.07. The first-order valence-electron chi connectivity index (χ1n) is 8.63. The minimum atomic E-state index is -0.668. The van der Waals surface area contributed by atoms with E-state index in [0.29, 0.717) is 12.1 Å². The Morgan fingerprint density at radius 1 is 1.15 bits per heavy atom. The highest BCUT2D eigenvalue weighted by atomic mass is 35.5. The number of hydrogen-bond donors (Lipinski definition) is 1. The van der Waals surface area contributed by atoms with E-state index < -0.39 is 11.7 Å². The maximum atomic E-state index is 14.2. The molecule has 1 atom stereocenters. The molecule has 0 saturated carbocycles. The third-order valence-corrected chi connectivity index (χ3v) is 5.07. The van der Waals surface area contributed by atoms with Crippen LogP contribution in [0.4, 0.5) is 8.78 Å². The van der Waals surface area contributed by atoms with Crippen LogP contribution < -0.4 is 5.32 Å². The van der Waals surface area contributed by atoms with Crippen molar-refractivity contribution >= 4 is 17.5 Å². The first kappa shape index (κ1) is 17.7. The Kier molecular flexibility index (Phi) is 4.66. The largest absolute Gasteiger partial charge is 0.345 e. The minimum absolute atomic E-state index is 0.0607. The van der Waals surface area contributed by atoms with Crippen LogP contribution >= 0.6 is 11.6 Å². The second kappa shape index (κ2) is 7.12. The summed E-state index contributed by atoms with van der Waals surface area (Å²) >= 11 is 5.98. The van der Waals surface area contributed by atoms with E-state index >= 15 is 0 Å². The van der Waals surface area contributed by atoms with E-state index in [-0.39, 0.29) is 22.4 Å². The molecule has 27 heavy (non-hydrogen) atoms. The SMILES string of the molecule is O=C(N[C@H]1CCCc2c1cnn2-c1ccccc1F)c1c(F)cccc1Cl. The summed E-state index contributed by atoms with van der Waals surface area (Å²) in [6.07, 6.45) is 3.84. The number of carbonyl (C=O) groups excluding carboxylic acids is 1. The third kappa shape index (κ3) is 3.21. The van der Waals surface area contributed by atoms with Gasteiger partial charge in [0.05, 0.1) is 22.8 Å². The topological polar surface area (TPSA) is 46.9 Å². The van der Waals surface area contributed by atoms with Gasteiger partial charge < -0.3 is 5.32 Å². The highest BCUT2D eigenvalue weighted by molar-refractivity contribution is 6.33. The van der Waals surface area contributed by atoms with Gasteiger partial charge in [-0.1, -0.05) is 29.8 Å². The van der Waals surface area contributed by atoms with Crippen molar-refractivity contribution in [3.05, 3.63) is 82.1 Å². The smallest absolute Gasteiger partial charge is 0.256 e. The second-order valence-corrected chi connectivity index (χ2v) is 6.83. The molecule has 1 aliphatic rings. The highest BCUT2D eigenvalue weighted by Crippen LogP contribution is 2.32. The number of benzene rings is 2. The molecular formula is C20H16ClF2N3O. The zero-order valence-corrected chi connectivity index (χ0v) is 15.0. The Morgan fingerprint density at radius 2 is 1.93 bits per heavy atom. The lowest BCUT2D eigenvalue weighted by Crippen LogP contribution is -2.31. The highest BCUT2D eigenvalue weighted by Gasteiger charge is 2.28. The van der Waals surface area contributed by atoms with Crippen molar-refractivity contribution in [2.75, 3.05) is 0 Å². The molecular weight excluding hydrogens is 372 g/mol. The Hall–Kier alpha value is -2.73. The lowest BCUT2D eigenvalue weighted by molar-refractivity contribution is 0.0929. The van der Waals surface area contributed by atoms with Crippen LogP contribution in [0.2, 0.25) is 5.02 Å². The van der Waals surface area contributed by atoms with Gasteiger partial charge in [-0.2, -0.15) is 5.10 Å². The predicted molar refractivity (Wildman–Crippen MR) is 98.1 cm³/mol. The van der Waals surface area contributed by atoms with Crippen molar-refractivity contribution in [3.63, 3.8) is 0 Å². The van der Waals surface area contributed by atoms with E-state index in [9.17, 15) is 13.6 Å². The van der Waals surface area contributed by atoms with E-state index in [1.165, 1.54) is 24.3 Å². The normalized spacial score (nSPS) is 16.0. The van der Waals surface area contributed by atoms with Crippen LogP contribution in [0.1, 0.15) is 40.5 Å². The average molecular weight is 388 g/mol. The number of halogens is 3. The molecule has 0 spiro atoms. The van der Waals surface area contributed by atoms with Crippen LogP contribution in [0.5, 0.6) is 0 Å². The van der Waals surface area contributed by atoms with Gasteiger partial charge in [-0.3, -0.25) is 4.79 Å². The third-order valence-electron chi connectivity index (χ3n) is 4.76. The lowest BCUT2D eigenvalue weighted by Gasteiger charge is -2.24. The molecule has 7 heteroatoms. The molecule has 3 aromatic rings. The van der Waals surface area contributed by atoms with Gasteiger partial charge in [-0.25, -0.2) is 13.5 Å². The fourth-order valence-corrected chi connectivity index (χ4v) is 3.73. The number of amides is 1. The minimum Gasteiger partial charge on any atom is -0.345 e. The number of hydrogen-bond acceptors (Lipinski definition) is 2. The maximum Gasteiger partial charge on any atom is 0.256 e. The first-order valence-corrected chi connectivity index (χ1v) is 9.00. The Morgan fingerprint density at radius 3 is 2.70 bits per heavy atom. The summed E-state index contributed by atoms with van der Waals surface area (Å²) < 4.78 is 29.7. The summed E-state index contributed by atoms with van der Waals surface area (Å²) in [7, 11) is 0. The molecule has 0 aliphatic heterocycles. The fraction of sp³-hybridized carbons (Fsp3) is 0.200. The molecule has 1 amide bonds. The Labute approximate surface area is 159 Å². The van der Waals surface area contributed by atoms with Crippen LogP contribution in [0.25, 0.3) is 5.69 Å². The van der Waals surface area contributed by atoms with E-state index in [1.54, 1.807) is 29.1 Å². The molecule has 1 aliphatic carbocycles. The van der Waals surface area contributed by atoms with Crippen LogP contribution in [0.3, 0.4) is 0 Å². The second-order valence-electron chi connectivity index (χ2n) is 6.42. The predicted octanol–water partition coefficient (Wildman–Crippen LogP) is 4.61. The van der Waals surface area contributed by atoms with Crippen LogP contribution in [-0.2, 0) is 6.42 Å². The molecule has 0 bridgehead atoms. The van der Waals surface area contributed by atoms with Crippen LogP contribution in [0, 0.1) is 11.6 Å². The number of aromatic nitrogens is 2. The number of para-hydroxylation sites is 1. The van der Waals surface area contributed by atoms with Gasteiger partial charge in [0.25, 0.3) is 5.91 Å². The summed E-state index contributed by atoms with van der Waals surface area (Å²) in [5.41, 5.74) is 1.84. The van der Waals surface area contributed by atoms with Crippen molar-refractivity contribution < 1.29 is 13.6 Å². The van der Waals surface area contributed by atoms with Gasteiger partial charge >= 0.3 is 0 Å². The zero-order valence-electron chi connectivity index (χ0n) is 14.3. The summed E-state index contributed by atoms with van der Waals surface area (Å²) in [5.74, 6) is -1.61. The van der Waals surface area contributed by atoms with E-state index in [4.69, 9.17) is 11.6 Å². The number of nitrogens with one attached hydrogen (secondary N) is 1. The maximum absolute atomic E-state index is 14.2. The van der Waals surface area contributed by atoms with E-state index in [1.807, 2.05) is 0 Å². The molecule has 138 valence electrons. The molecule has 0 unspecified atom stereocenters. The Balaban J connectivity index is 1.65. The lowest BCUT2D eigenvalue weighted by atomic mass is 9.92. The van der Waals surface area contributed by atoms with Gasteiger partial charge in [0, 0.05) is 11.3 Å². The molecule has 2 aromatic carbocycles. The number of rotatable bonds is 3. The first-order chi connectivity index (χ1) is 13.1. The molecule has 1 aromatic heterocycles. The van der Waals surface area contributed by atoms with Crippen molar-refractivity contribution in [1.29, 1.82) is 0 Å². The van der Waals surface area contributed by atoms with Gasteiger partial charge in [0.15, 0.2) is 0 Å². The molecule has 1 heterocycles. The number of nitrogens with zero attached hydrogens (tertiary/aromatic N) is 2. The van der Waals surface area contributed by atoms with E-state index in [2.05, 4.69) is 10.4 Å². The molecule has 4 rings (SSSR count). The molecule has 4 nitrogen and oxygen atoms in total. The van der Waals surface area contributed by atoms with Crippen LogP contribution in [-0.4, -0.2) is 15.7 Å². The van der Waals surface area contributed by atoms with Crippen molar-refractivity contribution in [2.45, 2.75) is 25.3 Å². The van der Waals surface area contributed by atoms with Crippen molar-refractivity contribution in [1.82, 2.24) is 15.1 Å². The van der Waals surface area contributed by atoms with Crippen LogP contribution in [0.15, 0.2) is 48.7 Å². The monoisotopic (exact) mass is 387 g/mol. The van der Waals surface area contributed by atoms with E-state index in [0.717, 1.165) is 24.1 Å². The van der Waals surface area contributed by atoms with Crippen molar-refractivity contribution in [3.8, 4) is 5.69 Å². The van der Waals surface area contributed by atoms with Gasteiger partial charge in [-0.05, 0) is 43.5 Å². The summed E-state index contributed by atoms with van der Waals surface area (Å²) in [6, 6.07) is 10.2. The standard InChI is InChI=1S/C20H16ClF2N3O/c21-13-5-3-7-15(23)19(13)20(27)25-16-8-4-10-17-12(16)11-24-26(17)18-9-2-1-6-14(18)22/h1-3,5-7,9,11,16H,4,8,10H2,(H,25,27)/t16-/m0/s1. The summed E-state index contributed by atoms with van der Waals surface area (Å²) in [5, 5.41) is 7.22. The number of fused-ring (bicyclic) bond motifs is 1. The molecule has 0 saturated heterocycles. The number of carbonyl (C=O) groups is 1. The van der Waals surface area contributed by atoms with Gasteiger partial charge in [0.2, 0.25) is 0 Å². The summed E-state index contributed by atoms with van der Waals surface area (Å²) in [4.78, 5) is 12.6.